The Morgan fingerprint density at radius 1 is 0.902 bits per heavy atom. The van der Waals surface area contributed by atoms with Crippen molar-refractivity contribution in [2.24, 2.45) is 11.7 Å². The summed E-state index contributed by atoms with van der Waals surface area (Å²) in [5.41, 5.74) is 5.53. The number of carboxylic acids is 1. The van der Waals surface area contributed by atoms with Crippen LogP contribution >= 0.6 is 0 Å². The van der Waals surface area contributed by atoms with Crippen LogP contribution in [0.15, 0.2) is 0 Å². The summed E-state index contributed by atoms with van der Waals surface area (Å²) in [6.07, 6.45) is -0.341. The van der Waals surface area contributed by atoms with E-state index in [-0.39, 0.29) is 18.9 Å². The second-order valence-electron chi connectivity index (χ2n) is 10.1. The van der Waals surface area contributed by atoms with Gasteiger partial charge >= 0.3 is 5.97 Å². The third kappa shape index (κ3) is 12.1. The van der Waals surface area contributed by atoms with Crippen LogP contribution in [0.25, 0.3) is 0 Å². The molecule has 1 fully saturated rings. The van der Waals surface area contributed by atoms with Gasteiger partial charge in [0.05, 0.1) is 32.3 Å². The number of rotatable bonds is 16. The average molecular weight is 588 g/mol. The van der Waals surface area contributed by atoms with Crippen LogP contribution in [0, 0.1) is 5.92 Å². The van der Waals surface area contributed by atoms with E-state index in [0.29, 0.717) is 12.8 Å². The zero-order valence-electron chi connectivity index (χ0n) is 23.3. The fourth-order valence-electron chi connectivity index (χ4n) is 3.95. The smallest absolute Gasteiger partial charge is 0.326 e. The first-order chi connectivity index (χ1) is 19.2. The van der Waals surface area contributed by atoms with Crippen LogP contribution in [0.2, 0.25) is 0 Å². The molecular formula is C24H41N7O10. The molecule has 232 valence electrons. The van der Waals surface area contributed by atoms with Crippen molar-refractivity contribution in [3.63, 3.8) is 0 Å². The number of carboxylic acid groups (broad SMARTS) is 1. The van der Waals surface area contributed by atoms with Crippen LogP contribution in [-0.4, -0.2) is 125 Å². The van der Waals surface area contributed by atoms with Crippen molar-refractivity contribution < 1.29 is 48.9 Å². The average Bonchev–Trinajstić information content (AvgIpc) is 3.40. The molecule has 0 saturated carbocycles. The number of likely N-dealkylation sites (tertiary alicyclic amines) is 1. The van der Waals surface area contributed by atoms with Crippen molar-refractivity contribution in [3.8, 4) is 0 Å². The van der Waals surface area contributed by atoms with E-state index in [2.05, 4.69) is 26.6 Å². The number of nitrogens with two attached hydrogens (primary N) is 1. The van der Waals surface area contributed by atoms with Gasteiger partial charge in [-0.05, 0) is 32.1 Å². The molecule has 0 aromatic carbocycles. The summed E-state index contributed by atoms with van der Waals surface area (Å²) in [6, 6.07) is -4.70. The number of carbonyl (C=O) groups is 7. The summed E-state index contributed by atoms with van der Waals surface area (Å²) in [6.45, 7) is 2.82. The molecular weight excluding hydrogens is 546 g/mol. The topological polar surface area (TPSA) is 270 Å². The third-order valence-electron chi connectivity index (χ3n) is 6.07. The molecule has 1 rings (SSSR count). The Bertz CT molecular complexity index is 974. The molecule has 0 aromatic rings. The number of aliphatic hydroxyl groups excluding tert-OH is 2. The summed E-state index contributed by atoms with van der Waals surface area (Å²) < 4.78 is 0. The fraction of sp³-hybridized carbons (Fsp3) is 0.708. The zero-order valence-corrected chi connectivity index (χ0v) is 23.3. The van der Waals surface area contributed by atoms with Gasteiger partial charge in [0.15, 0.2) is 0 Å². The number of nitrogens with zero attached hydrogens (tertiary/aromatic N) is 1. The zero-order chi connectivity index (χ0) is 31.3. The number of hydrogen-bond donors (Lipinski definition) is 9. The van der Waals surface area contributed by atoms with Gasteiger partial charge in [-0.1, -0.05) is 13.8 Å². The highest BCUT2D eigenvalue weighted by Crippen LogP contribution is 2.18. The maximum atomic E-state index is 12.5. The highest BCUT2D eigenvalue weighted by Gasteiger charge is 2.36. The first kappa shape index (κ1) is 35.2. The highest BCUT2D eigenvalue weighted by atomic mass is 16.4. The SMILES string of the molecule is CC(C)CC(NC(=O)C(NC(=O)CNC(=O)CNC(=O)CNC(=O)C1CCCN1C(=O)C(N)CO)C(C)O)C(=O)O. The van der Waals surface area contributed by atoms with E-state index >= 15 is 0 Å². The standard InChI is InChI=1S/C24H41N7O10/c1-12(2)7-15(24(40)41)29-22(38)20(13(3)33)30-19(36)10-27-17(34)8-26-18(35)9-28-21(37)16-5-4-6-31(16)23(39)14(25)11-32/h12-16,20,32-33H,4-11,25H2,1-3H3,(H,26,35)(H,27,34)(H,28,37)(H,29,38)(H,30,36)(H,40,41). The quantitative estimate of drug-likeness (QED) is 0.0826. The summed E-state index contributed by atoms with van der Waals surface area (Å²) >= 11 is 0. The van der Waals surface area contributed by atoms with Crippen LogP contribution in [-0.2, 0) is 33.6 Å². The molecule has 5 atom stereocenters. The molecule has 17 heteroatoms. The molecule has 1 aliphatic heterocycles. The van der Waals surface area contributed by atoms with Gasteiger partial charge in [-0.2, -0.15) is 0 Å². The van der Waals surface area contributed by atoms with Crippen molar-refractivity contribution in [2.45, 2.75) is 70.3 Å². The van der Waals surface area contributed by atoms with Crippen molar-refractivity contribution in [1.29, 1.82) is 0 Å². The Kier molecular flexibility index (Phi) is 14.7. The summed E-state index contributed by atoms with van der Waals surface area (Å²) in [7, 11) is 0. The van der Waals surface area contributed by atoms with Gasteiger partial charge < -0.3 is 52.5 Å². The molecule has 1 saturated heterocycles. The largest absolute Gasteiger partial charge is 0.480 e. The minimum Gasteiger partial charge on any atom is -0.480 e. The number of amides is 6. The number of aliphatic hydroxyl groups is 2. The van der Waals surface area contributed by atoms with E-state index in [1.165, 1.54) is 11.8 Å². The molecule has 41 heavy (non-hydrogen) atoms. The lowest BCUT2D eigenvalue weighted by Gasteiger charge is -2.26. The minimum absolute atomic E-state index is 0.0480. The molecule has 5 unspecified atom stereocenters. The maximum absolute atomic E-state index is 12.5. The first-order valence-electron chi connectivity index (χ1n) is 13.2. The van der Waals surface area contributed by atoms with Crippen LogP contribution in [0.4, 0.5) is 0 Å². The molecule has 17 nitrogen and oxygen atoms in total. The predicted molar refractivity (Wildman–Crippen MR) is 141 cm³/mol. The van der Waals surface area contributed by atoms with E-state index in [9.17, 15) is 43.8 Å². The van der Waals surface area contributed by atoms with Crippen LogP contribution < -0.4 is 32.3 Å². The Balaban J connectivity index is 2.46. The first-order valence-corrected chi connectivity index (χ1v) is 13.2. The minimum atomic E-state index is -1.48. The van der Waals surface area contributed by atoms with Crippen LogP contribution in [0.1, 0.15) is 40.0 Å². The van der Waals surface area contributed by atoms with Gasteiger partial charge in [-0.3, -0.25) is 28.8 Å². The van der Waals surface area contributed by atoms with Gasteiger partial charge in [-0.25, -0.2) is 4.79 Å². The van der Waals surface area contributed by atoms with Crippen molar-refractivity contribution in [1.82, 2.24) is 31.5 Å². The fourth-order valence-corrected chi connectivity index (χ4v) is 3.95. The molecule has 0 bridgehead atoms. The maximum Gasteiger partial charge on any atom is 0.326 e. The third-order valence-corrected chi connectivity index (χ3v) is 6.07. The number of hydrogen-bond acceptors (Lipinski definition) is 10. The Hall–Kier alpha value is -3.83. The van der Waals surface area contributed by atoms with E-state index in [1.54, 1.807) is 13.8 Å². The monoisotopic (exact) mass is 587 g/mol. The van der Waals surface area contributed by atoms with E-state index in [1.807, 2.05) is 0 Å². The van der Waals surface area contributed by atoms with E-state index in [4.69, 9.17) is 10.8 Å². The lowest BCUT2D eigenvalue weighted by atomic mass is 10.0. The van der Waals surface area contributed by atoms with Gasteiger partial charge in [0.1, 0.15) is 24.2 Å². The second-order valence-corrected chi connectivity index (χ2v) is 10.1. The van der Waals surface area contributed by atoms with Crippen molar-refractivity contribution >= 4 is 41.4 Å². The Morgan fingerprint density at radius 3 is 1.98 bits per heavy atom. The number of nitrogens with one attached hydrogen (secondary N) is 5. The molecule has 0 aliphatic carbocycles. The summed E-state index contributed by atoms with van der Waals surface area (Å²) in [5.74, 6) is -5.75. The van der Waals surface area contributed by atoms with Gasteiger partial charge in [-0.15, -0.1) is 0 Å². The van der Waals surface area contributed by atoms with Gasteiger partial charge in [0, 0.05) is 6.54 Å². The molecule has 10 N–H and O–H groups in total. The normalized spacial score (nSPS) is 17.5. The van der Waals surface area contributed by atoms with Crippen molar-refractivity contribution in [2.75, 3.05) is 32.8 Å². The summed E-state index contributed by atoms with van der Waals surface area (Å²) in [4.78, 5) is 86.0. The molecule has 0 spiro atoms. The van der Waals surface area contributed by atoms with E-state index < -0.39 is 97.9 Å². The van der Waals surface area contributed by atoms with Crippen LogP contribution in [0.5, 0.6) is 0 Å². The lowest BCUT2D eigenvalue weighted by Crippen LogP contribution is -2.57. The number of carbonyl (C=O) groups excluding carboxylic acids is 6. The van der Waals surface area contributed by atoms with Gasteiger partial charge in [0.25, 0.3) is 0 Å². The Labute approximate surface area is 236 Å². The van der Waals surface area contributed by atoms with Gasteiger partial charge in [0.2, 0.25) is 35.4 Å². The summed E-state index contributed by atoms with van der Waals surface area (Å²) in [5, 5.41) is 39.6. The molecule has 0 aromatic heterocycles. The highest BCUT2D eigenvalue weighted by molar-refractivity contribution is 5.94. The van der Waals surface area contributed by atoms with Crippen molar-refractivity contribution in [3.05, 3.63) is 0 Å². The molecule has 1 heterocycles. The second kappa shape index (κ2) is 17.1. The number of aliphatic carboxylic acids is 1. The van der Waals surface area contributed by atoms with E-state index in [0.717, 1.165) is 0 Å². The Morgan fingerprint density at radius 2 is 1.46 bits per heavy atom. The molecule has 1 aliphatic rings. The predicted octanol–water partition coefficient (Wildman–Crippen LogP) is -4.87. The lowest BCUT2D eigenvalue weighted by molar-refractivity contribution is -0.143. The molecule has 0 radical (unpaired) electrons. The molecule has 6 amide bonds. The van der Waals surface area contributed by atoms with Crippen LogP contribution in [0.3, 0.4) is 0 Å².